The van der Waals surface area contributed by atoms with Crippen molar-refractivity contribution < 1.29 is 24.2 Å². The van der Waals surface area contributed by atoms with Gasteiger partial charge >= 0.3 is 5.91 Å². The highest BCUT2D eigenvalue weighted by Gasteiger charge is 2.48. The van der Waals surface area contributed by atoms with Crippen molar-refractivity contribution in [1.29, 1.82) is 0 Å². The largest absolute Gasteiger partial charge is 0.507 e. The SMILES string of the molecule is COc1cccc(C2/C(=C(\O)c3cccc(OC(C)C)c3)C(=O)C(=O)N2c2nc3ccc(C)cc3s2)c1. The van der Waals surface area contributed by atoms with Crippen molar-refractivity contribution in [2.45, 2.75) is 32.9 Å². The molecule has 1 atom stereocenters. The van der Waals surface area contributed by atoms with Crippen molar-refractivity contribution >= 4 is 44.1 Å². The molecular formula is C29H26N2O5S. The van der Waals surface area contributed by atoms with Crippen LogP contribution in [0.4, 0.5) is 5.13 Å². The van der Waals surface area contributed by atoms with E-state index in [1.165, 1.54) is 16.2 Å². The Morgan fingerprint density at radius 3 is 2.54 bits per heavy atom. The lowest BCUT2D eigenvalue weighted by molar-refractivity contribution is -0.132. The number of ketones is 1. The van der Waals surface area contributed by atoms with Crippen LogP contribution < -0.4 is 14.4 Å². The number of fused-ring (bicyclic) bond motifs is 1. The zero-order valence-corrected chi connectivity index (χ0v) is 21.7. The molecule has 0 spiro atoms. The van der Waals surface area contributed by atoms with Gasteiger partial charge in [-0.3, -0.25) is 14.5 Å². The van der Waals surface area contributed by atoms with E-state index in [9.17, 15) is 14.7 Å². The fourth-order valence-electron chi connectivity index (χ4n) is 4.42. The quantitative estimate of drug-likeness (QED) is 0.192. The van der Waals surface area contributed by atoms with Gasteiger partial charge in [-0.2, -0.15) is 0 Å². The summed E-state index contributed by atoms with van der Waals surface area (Å²) in [6.45, 7) is 5.79. The third-order valence-electron chi connectivity index (χ3n) is 6.07. The number of rotatable bonds is 6. The fraction of sp³-hybridized carbons (Fsp3) is 0.207. The van der Waals surface area contributed by atoms with Gasteiger partial charge in [0, 0.05) is 5.56 Å². The van der Waals surface area contributed by atoms with E-state index in [4.69, 9.17) is 9.47 Å². The van der Waals surface area contributed by atoms with Crippen LogP contribution in [0, 0.1) is 6.92 Å². The van der Waals surface area contributed by atoms with Gasteiger partial charge in [-0.1, -0.05) is 41.7 Å². The number of methoxy groups -OCH3 is 1. The topological polar surface area (TPSA) is 89.0 Å². The van der Waals surface area contributed by atoms with Crippen molar-refractivity contribution in [2.75, 3.05) is 12.0 Å². The number of carbonyl (C=O) groups is 2. The summed E-state index contributed by atoms with van der Waals surface area (Å²) in [6.07, 6.45) is -0.0672. The molecule has 2 heterocycles. The van der Waals surface area contributed by atoms with Crippen LogP contribution in [0.5, 0.6) is 11.5 Å². The number of thiazole rings is 1. The van der Waals surface area contributed by atoms with Crippen LogP contribution in [0.2, 0.25) is 0 Å². The number of benzene rings is 3. The lowest BCUT2D eigenvalue weighted by Crippen LogP contribution is -2.29. The van der Waals surface area contributed by atoms with E-state index in [2.05, 4.69) is 4.98 Å². The van der Waals surface area contributed by atoms with E-state index in [0.717, 1.165) is 15.8 Å². The summed E-state index contributed by atoms with van der Waals surface area (Å²) in [7, 11) is 1.55. The van der Waals surface area contributed by atoms with Crippen LogP contribution in [0.3, 0.4) is 0 Å². The van der Waals surface area contributed by atoms with Crippen LogP contribution in [0.1, 0.15) is 36.6 Å². The highest BCUT2D eigenvalue weighted by Crippen LogP contribution is 2.45. The summed E-state index contributed by atoms with van der Waals surface area (Å²) in [5, 5.41) is 11.8. The molecule has 1 aliphatic rings. The molecule has 1 fully saturated rings. The van der Waals surface area contributed by atoms with Crippen molar-refractivity contribution in [1.82, 2.24) is 4.98 Å². The second kappa shape index (κ2) is 9.71. The normalized spacial score (nSPS) is 17.1. The zero-order chi connectivity index (χ0) is 26.3. The Balaban J connectivity index is 1.71. The number of ether oxygens (including phenoxy) is 2. The first kappa shape index (κ1) is 24.5. The van der Waals surface area contributed by atoms with E-state index in [0.29, 0.717) is 27.8 Å². The van der Waals surface area contributed by atoms with Crippen LogP contribution in [-0.4, -0.2) is 35.0 Å². The average Bonchev–Trinajstić information content (AvgIpc) is 3.41. The number of aliphatic hydroxyl groups excluding tert-OH is 1. The number of nitrogens with zero attached hydrogens (tertiary/aromatic N) is 2. The van der Waals surface area contributed by atoms with Crippen LogP contribution in [-0.2, 0) is 9.59 Å². The lowest BCUT2D eigenvalue weighted by atomic mass is 9.95. The van der Waals surface area contributed by atoms with Crippen LogP contribution in [0.15, 0.2) is 72.3 Å². The number of hydrogen-bond acceptors (Lipinski definition) is 7. The zero-order valence-electron chi connectivity index (χ0n) is 20.9. The molecule has 1 amide bonds. The maximum absolute atomic E-state index is 13.5. The Morgan fingerprint density at radius 2 is 1.78 bits per heavy atom. The van der Waals surface area contributed by atoms with Crippen molar-refractivity contribution in [3.8, 4) is 11.5 Å². The molecule has 0 aliphatic carbocycles. The highest BCUT2D eigenvalue weighted by atomic mass is 32.1. The van der Waals surface area contributed by atoms with Crippen LogP contribution in [0.25, 0.3) is 16.0 Å². The Kier molecular flexibility index (Phi) is 6.43. The van der Waals surface area contributed by atoms with Crippen molar-refractivity contribution in [3.63, 3.8) is 0 Å². The molecule has 3 aromatic carbocycles. The summed E-state index contributed by atoms with van der Waals surface area (Å²) >= 11 is 1.33. The first-order chi connectivity index (χ1) is 17.8. The summed E-state index contributed by atoms with van der Waals surface area (Å²) in [5.74, 6) is -0.696. The molecule has 1 aromatic heterocycles. The fourth-order valence-corrected chi connectivity index (χ4v) is 5.51. The molecular weight excluding hydrogens is 488 g/mol. The summed E-state index contributed by atoms with van der Waals surface area (Å²) in [5.41, 5.74) is 2.78. The van der Waals surface area contributed by atoms with Gasteiger partial charge in [-0.25, -0.2) is 4.98 Å². The summed E-state index contributed by atoms with van der Waals surface area (Å²) in [4.78, 5) is 33.0. The Hall–Kier alpha value is -4.17. The van der Waals surface area contributed by atoms with Gasteiger partial charge in [-0.05, 0) is 68.3 Å². The van der Waals surface area contributed by atoms with Gasteiger partial charge in [-0.15, -0.1) is 0 Å². The molecule has 8 heteroatoms. The molecule has 1 N–H and O–H groups in total. The standard InChI is InChI=1S/C29H26N2O5S/c1-16(2)36-21-10-6-8-19(15-21)26(32)24-25(18-7-5-9-20(14-18)35-4)31(28(34)27(24)33)29-30-22-12-11-17(3)13-23(22)37-29/h5-16,25,32H,1-4H3/b26-24+. The predicted molar refractivity (Wildman–Crippen MR) is 144 cm³/mol. The number of Topliss-reactive ketones (excluding diaryl/α,β-unsaturated/α-hetero) is 1. The molecule has 1 aliphatic heterocycles. The summed E-state index contributed by atoms with van der Waals surface area (Å²) in [6, 6.07) is 18.9. The molecule has 0 saturated carbocycles. The predicted octanol–water partition coefficient (Wildman–Crippen LogP) is 6.03. The van der Waals surface area contributed by atoms with Gasteiger partial charge in [0.25, 0.3) is 5.78 Å². The maximum Gasteiger partial charge on any atom is 0.301 e. The number of carbonyl (C=O) groups excluding carboxylic acids is 2. The van der Waals surface area contributed by atoms with E-state index in [-0.39, 0.29) is 17.4 Å². The third-order valence-corrected chi connectivity index (χ3v) is 7.09. The first-order valence-corrected chi connectivity index (χ1v) is 12.7. The molecule has 37 heavy (non-hydrogen) atoms. The van der Waals surface area contributed by atoms with Crippen LogP contribution >= 0.6 is 11.3 Å². The van der Waals surface area contributed by atoms with E-state index in [1.54, 1.807) is 55.6 Å². The molecule has 1 unspecified atom stereocenters. The van der Waals surface area contributed by atoms with Gasteiger partial charge in [0.15, 0.2) is 5.13 Å². The number of aliphatic hydroxyl groups is 1. The maximum atomic E-state index is 13.5. The molecule has 4 aromatic rings. The molecule has 1 saturated heterocycles. The molecule has 0 bridgehead atoms. The number of aryl methyl sites for hydroxylation is 1. The van der Waals surface area contributed by atoms with Crippen molar-refractivity contribution in [3.05, 3.63) is 89.0 Å². The lowest BCUT2D eigenvalue weighted by Gasteiger charge is -2.23. The number of hydrogen-bond donors (Lipinski definition) is 1. The summed E-state index contributed by atoms with van der Waals surface area (Å²) < 4.78 is 12.1. The van der Waals surface area contributed by atoms with E-state index >= 15 is 0 Å². The highest BCUT2D eigenvalue weighted by molar-refractivity contribution is 7.22. The van der Waals surface area contributed by atoms with Gasteiger partial charge in [0.1, 0.15) is 17.3 Å². The second-order valence-electron chi connectivity index (χ2n) is 9.11. The van der Waals surface area contributed by atoms with Gasteiger partial charge < -0.3 is 14.6 Å². The Morgan fingerprint density at radius 1 is 1.03 bits per heavy atom. The molecule has 188 valence electrons. The van der Waals surface area contributed by atoms with E-state index in [1.807, 2.05) is 39.0 Å². The minimum absolute atomic E-state index is 0.0182. The minimum atomic E-state index is -0.897. The van der Waals surface area contributed by atoms with Gasteiger partial charge in [0.2, 0.25) is 0 Å². The number of aromatic nitrogens is 1. The monoisotopic (exact) mass is 514 g/mol. The third kappa shape index (κ3) is 4.56. The first-order valence-electron chi connectivity index (χ1n) is 11.9. The second-order valence-corrected chi connectivity index (χ2v) is 10.1. The van der Waals surface area contributed by atoms with Gasteiger partial charge in [0.05, 0.1) is 35.0 Å². The average molecular weight is 515 g/mol. The number of amides is 1. The number of anilines is 1. The molecule has 0 radical (unpaired) electrons. The van der Waals surface area contributed by atoms with Crippen molar-refractivity contribution in [2.24, 2.45) is 0 Å². The Bertz CT molecular complexity index is 1550. The smallest absolute Gasteiger partial charge is 0.301 e. The molecule has 7 nitrogen and oxygen atoms in total. The van der Waals surface area contributed by atoms with E-state index < -0.39 is 17.7 Å². The minimum Gasteiger partial charge on any atom is -0.507 e. The molecule has 5 rings (SSSR count). The Labute approximate surface area is 218 Å².